The standard InChI is InChI=1S/C17H15BrClN3O4S/c1-22(27(23,24)15-9-12(18)6-7-14(15)25-2)10-16-20-17(21-26-16)11-4-3-5-13(19)8-11/h3-9H,10H2,1-2H3. The minimum atomic E-state index is -3.84. The lowest BCUT2D eigenvalue weighted by Crippen LogP contribution is -2.27. The molecule has 0 aliphatic carbocycles. The van der Waals surface area contributed by atoms with E-state index in [0.717, 1.165) is 4.31 Å². The van der Waals surface area contributed by atoms with Crippen LogP contribution in [0, 0.1) is 0 Å². The molecule has 0 bridgehead atoms. The van der Waals surface area contributed by atoms with E-state index in [2.05, 4.69) is 26.1 Å². The van der Waals surface area contributed by atoms with Gasteiger partial charge in [-0.05, 0) is 30.3 Å². The Morgan fingerprint density at radius 1 is 1.26 bits per heavy atom. The van der Waals surface area contributed by atoms with E-state index in [9.17, 15) is 8.42 Å². The summed E-state index contributed by atoms with van der Waals surface area (Å²) in [5.41, 5.74) is 0.677. The van der Waals surface area contributed by atoms with Crippen LogP contribution in [-0.2, 0) is 16.6 Å². The summed E-state index contributed by atoms with van der Waals surface area (Å²) in [6.45, 7) is -0.0917. The second-order valence-corrected chi connectivity index (χ2v) is 8.94. The van der Waals surface area contributed by atoms with Crippen LogP contribution in [0.25, 0.3) is 11.4 Å². The summed E-state index contributed by atoms with van der Waals surface area (Å²) in [6.07, 6.45) is 0. The first-order valence-corrected chi connectivity index (χ1v) is 10.3. The summed E-state index contributed by atoms with van der Waals surface area (Å²) in [5.74, 6) is 0.735. The highest BCUT2D eigenvalue weighted by atomic mass is 79.9. The topological polar surface area (TPSA) is 85.5 Å². The van der Waals surface area contributed by atoms with E-state index in [1.807, 2.05) is 0 Å². The Labute approximate surface area is 170 Å². The number of halogens is 2. The van der Waals surface area contributed by atoms with Crippen molar-refractivity contribution in [3.63, 3.8) is 0 Å². The van der Waals surface area contributed by atoms with E-state index in [0.29, 0.717) is 20.9 Å². The van der Waals surface area contributed by atoms with Crippen molar-refractivity contribution < 1.29 is 17.7 Å². The van der Waals surface area contributed by atoms with E-state index < -0.39 is 10.0 Å². The Morgan fingerprint density at radius 3 is 2.74 bits per heavy atom. The minimum absolute atomic E-state index is 0.0384. The van der Waals surface area contributed by atoms with E-state index in [1.165, 1.54) is 20.2 Å². The van der Waals surface area contributed by atoms with Crippen LogP contribution in [0.4, 0.5) is 0 Å². The lowest BCUT2D eigenvalue weighted by Gasteiger charge is -2.17. The van der Waals surface area contributed by atoms with Gasteiger partial charge in [-0.15, -0.1) is 0 Å². The van der Waals surface area contributed by atoms with Gasteiger partial charge >= 0.3 is 0 Å². The number of sulfonamides is 1. The molecule has 0 amide bonds. The van der Waals surface area contributed by atoms with E-state index >= 15 is 0 Å². The van der Waals surface area contributed by atoms with Crippen LogP contribution >= 0.6 is 27.5 Å². The van der Waals surface area contributed by atoms with Gasteiger partial charge in [0.25, 0.3) is 0 Å². The quantitative estimate of drug-likeness (QED) is 0.539. The molecule has 0 aliphatic rings. The summed E-state index contributed by atoms with van der Waals surface area (Å²) < 4.78 is 37.9. The van der Waals surface area contributed by atoms with Gasteiger partial charge < -0.3 is 9.26 Å². The molecule has 7 nitrogen and oxygen atoms in total. The number of methoxy groups -OCH3 is 1. The molecule has 2 aromatic carbocycles. The molecule has 0 atom stereocenters. The van der Waals surface area contributed by atoms with Crippen molar-refractivity contribution in [3.05, 3.63) is 57.9 Å². The largest absolute Gasteiger partial charge is 0.495 e. The highest BCUT2D eigenvalue weighted by Gasteiger charge is 2.27. The third-order valence-corrected chi connectivity index (χ3v) is 6.28. The summed E-state index contributed by atoms with van der Waals surface area (Å²) in [7, 11) is -0.991. The Bertz CT molecular complexity index is 1070. The first kappa shape index (κ1) is 19.8. The lowest BCUT2D eigenvalue weighted by molar-refractivity contribution is 0.335. The van der Waals surface area contributed by atoms with Gasteiger partial charge in [-0.3, -0.25) is 0 Å². The number of rotatable bonds is 6. The van der Waals surface area contributed by atoms with Crippen molar-refractivity contribution in [1.29, 1.82) is 0 Å². The molecule has 1 aromatic heterocycles. The Hall–Kier alpha value is -1.94. The summed E-state index contributed by atoms with van der Waals surface area (Å²) in [5, 5.41) is 4.43. The van der Waals surface area contributed by atoms with Gasteiger partial charge in [-0.25, -0.2) is 8.42 Å². The number of hydrogen-bond donors (Lipinski definition) is 0. The second kappa shape index (κ2) is 7.97. The van der Waals surface area contributed by atoms with Gasteiger partial charge in [-0.2, -0.15) is 9.29 Å². The fraction of sp³-hybridized carbons (Fsp3) is 0.176. The normalized spacial score (nSPS) is 11.7. The van der Waals surface area contributed by atoms with E-state index in [-0.39, 0.29) is 23.1 Å². The van der Waals surface area contributed by atoms with Crippen molar-refractivity contribution >= 4 is 37.6 Å². The van der Waals surface area contributed by atoms with Crippen LogP contribution < -0.4 is 4.74 Å². The fourth-order valence-corrected chi connectivity index (χ4v) is 4.36. The van der Waals surface area contributed by atoms with Gasteiger partial charge in [0.2, 0.25) is 21.7 Å². The maximum atomic E-state index is 12.9. The predicted octanol–water partition coefficient (Wildman–Crippen LogP) is 3.98. The Morgan fingerprint density at radius 2 is 2.04 bits per heavy atom. The molecular formula is C17H15BrClN3O4S. The van der Waals surface area contributed by atoms with Crippen molar-refractivity contribution in [2.75, 3.05) is 14.2 Å². The fourth-order valence-electron chi connectivity index (χ4n) is 2.36. The number of aromatic nitrogens is 2. The second-order valence-electron chi connectivity index (χ2n) is 5.58. The zero-order valence-corrected chi connectivity index (χ0v) is 17.5. The van der Waals surface area contributed by atoms with Crippen molar-refractivity contribution in [3.8, 4) is 17.1 Å². The molecule has 0 N–H and O–H groups in total. The molecule has 0 spiro atoms. The molecule has 0 aliphatic heterocycles. The predicted molar refractivity (Wildman–Crippen MR) is 104 cm³/mol. The molecule has 0 radical (unpaired) electrons. The van der Waals surface area contributed by atoms with Crippen molar-refractivity contribution in [2.45, 2.75) is 11.4 Å². The van der Waals surface area contributed by atoms with Crippen molar-refractivity contribution in [1.82, 2.24) is 14.4 Å². The van der Waals surface area contributed by atoms with Crippen LogP contribution in [0.1, 0.15) is 5.89 Å². The SMILES string of the molecule is COc1ccc(Br)cc1S(=O)(=O)N(C)Cc1nc(-c2cccc(Cl)c2)no1. The average Bonchev–Trinajstić information content (AvgIpc) is 3.10. The molecule has 3 aromatic rings. The Balaban J connectivity index is 1.85. The molecule has 3 rings (SSSR count). The zero-order chi connectivity index (χ0) is 19.6. The molecule has 142 valence electrons. The highest BCUT2D eigenvalue weighted by Crippen LogP contribution is 2.30. The lowest BCUT2D eigenvalue weighted by atomic mass is 10.2. The maximum Gasteiger partial charge on any atom is 0.247 e. The summed E-state index contributed by atoms with van der Waals surface area (Å²) in [6, 6.07) is 11.7. The summed E-state index contributed by atoms with van der Waals surface area (Å²) >= 11 is 9.24. The number of hydrogen-bond acceptors (Lipinski definition) is 6. The number of ether oxygens (including phenoxy) is 1. The van der Waals surface area contributed by atoms with E-state index in [4.69, 9.17) is 20.9 Å². The average molecular weight is 473 g/mol. The zero-order valence-electron chi connectivity index (χ0n) is 14.4. The molecule has 1 heterocycles. The van der Waals surface area contributed by atoms with Gasteiger partial charge in [0, 0.05) is 22.1 Å². The first-order valence-electron chi connectivity index (χ1n) is 7.69. The van der Waals surface area contributed by atoms with Crippen LogP contribution in [0.15, 0.2) is 56.4 Å². The highest BCUT2D eigenvalue weighted by molar-refractivity contribution is 9.10. The van der Waals surface area contributed by atoms with Crippen molar-refractivity contribution in [2.24, 2.45) is 0 Å². The van der Waals surface area contributed by atoms with Gasteiger partial charge in [0.1, 0.15) is 10.6 Å². The van der Waals surface area contributed by atoms with Gasteiger partial charge in [-0.1, -0.05) is 44.8 Å². The molecule has 10 heteroatoms. The number of nitrogens with zero attached hydrogens (tertiary/aromatic N) is 3. The molecular weight excluding hydrogens is 458 g/mol. The minimum Gasteiger partial charge on any atom is -0.495 e. The molecule has 0 fully saturated rings. The molecule has 0 saturated heterocycles. The Kier molecular flexibility index (Phi) is 5.85. The third-order valence-electron chi connectivity index (χ3n) is 3.72. The maximum absolute atomic E-state index is 12.9. The molecule has 0 saturated carbocycles. The summed E-state index contributed by atoms with van der Waals surface area (Å²) in [4.78, 5) is 4.28. The number of benzene rings is 2. The smallest absolute Gasteiger partial charge is 0.247 e. The van der Waals surface area contributed by atoms with Crippen LogP contribution in [0.5, 0.6) is 5.75 Å². The van der Waals surface area contributed by atoms with Gasteiger partial charge in [0.15, 0.2) is 0 Å². The van der Waals surface area contributed by atoms with Crippen LogP contribution in [0.2, 0.25) is 5.02 Å². The van der Waals surface area contributed by atoms with Gasteiger partial charge in [0.05, 0.1) is 13.7 Å². The first-order chi connectivity index (χ1) is 12.8. The monoisotopic (exact) mass is 471 g/mol. The van der Waals surface area contributed by atoms with Crippen LogP contribution in [-0.4, -0.2) is 37.0 Å². The third kappa shape index (κ3) is 4.32. The molecule has 27 heavy (non-hydrogen) atoms. The molecule has 0 unspecified atom stereocenters. The van der Waals surface area contributed by atoms with E-state index in [1.54, 1.807) is 36.4 Å². The van der Waals surface area contributed by atoms with Crippen LogP contribution in [0.3, 0.4) is 0 Å².